The van der Waals surface area contributed by atoms with Gasteiger partial charge < -0.3 is 0 Å². The molecule has 0 saturated heterocycles. The summed E-state index contributed by atoms with van der Waals surface area (Å²) in [5.41, 5.74) is 9.46. The number of carbonyl (C=O) groups excluding carboxylic acids is 1. The molecule has 0 fully saturated rings. The van der Waals surface area contributed by atoms with Crippen LogP contribution in [0.5, 0.6) is 0 Å². The molecule has 2 aromatic carbocycles. The predicted molar refractivity (Wildman–Crippen MR) is 143 cm³/mol. The quantitative estimate of drug-likeness (QED) is 0.279. The first-order valence-corrected chi connectivity index (χ1v) is 12.9. The topological polar surface area (TPSA) is 17.1 Å². The highest BCUT2D eigenvalue weighted by molar-refractivity contribution is 5.94. The molecule has 0 aliphatic heterocycles. The number of ketones is 1. The number of allylic oxidation sites excluding steroid dienone is 4. The molecular formula is C32H42O. The largest absolute Gasteiger partial charge is 0.295 e. The van der Waals surface area contributed by atoms with Crippen LogP contribution in [0.15, 0.2) is 65.8 Å². The van der Waals surface area contributed by atoms with Crippen LogP contribution in [0.25, 0.3) is 5.57 Å². The zero-order chi connectivity index (χ0) is 23.8. The molecule has 0 bridgehead atoms. The van der Waals surface area contributed by atoms with Gasteiger partial charge in [-0.2, -0.15) is 0 Å². The number of benzene rings is 2. The second-order valence-corrected chi connectivity index (χ2v) is 10.1. The van der Waals surface area contributed by atoms with Crippen molar-refractivity contribution in [3.8, 4) is 0 Å². The standard InChI is InChI=1S/C32H42O/c1-6-30(25(4)15-17-27-12-9-10-23(2)14-16-27)32(31-13-8-7-11-24(31)3)22-28-18-20-29(21-19-28)26(5)33/h7-8,10-11,13,18-21,25,27H,6,9,12,14-17,22H2,1-5H3/b32-30-. The lowest BCUT2D eigenvalue weighted by molar-refractivity contribution is 0.101. The van der Waals surface area contributed by atoms with E-state index in [2.05, 4.69) is 70.2 Å². The fraction of sp³-hybridized carbons (Fsp3) is 0.469. The molecule has 1 aliphatic rings. The summed E-state index contributed by atoms with van der Waals surface area (Å²) < 4.78 is 0. The Balaban J connectivity index is 1.86. The minimum Gasteiger partial charge on any atom is -0.295 e. The van der Waals surface area contributed by atoms with Crippen LogP contribution >= 0.6 is 0 Å². The van der Waals surface area contributed by atoms with Crippen molar-refractivity contribution in [3.05, 3.63) is 88.0 Å². The van der Waals surface area contributed by atoms with Gasteiger partial charge in [0.05, 0.1) is 0 Å². The highest BCUT2D eigenvalue weighted by Gasteiger charge is 2.19. The monoisotopic (exact) mass is 442 g/mol. The van der Waals surface area contributed by atoms with Crippen LogP contribution in [0.1, 0.15) is 99.7 Å². The Kier molecular flexibility index (Phi) is 9.30. The van der Waals surface area contributed by atoms with E-state index in [-0.39, 0.29) is 5.78 Å². The molecule has 3 rings (SSSR count). The van der Waals surface area contributed by atoms with Gasteiger partial charge in [0.1, 0.15) is 0 Å². The van der Waals surface area contributed by atoms with Crippen LogP contribution in [0.2, 0.25) is 0 Å². The first kappa shape index (κ1) is 25.2. The summed E-state index contributed by atoms with van der Waals surface area (Å²) in [5, 5.41) is 0. The summed E-state index contributed by atoms with van der Waals surface area (Å²) in [6.45, 7) is 10.9. The van der Waals surface area contributed by atoms with Crippen molar-refractivity contribution in [2.45, 2.75) is 86.0 Å². The van der Waals surface area contributed by atoms with E-state index in [0.717, 1.165) is 24.3 Å². The summed E-state index contributed by atoms with van der Waals surface area (Å²) in [5.74, 6) is 1.57. The lowest BCUT2D eigenvalue weighted by Crippen LogP contribution is -2.09. The fourth-order valence-electron chi connectivity index (χ4n) is 5.41. The third kappa shape index (κ3) is 7.03. The first-order valence-electron chi connectivity index (χ1n) is 12.9. The highest BCUT2D eigenvalue weighted by atomic mass is 16.1. The van der Waals surface area contributed by atoms with E-state index in [4.69, 9.17) is 0 Å². The van der Waals surface area contributed by atoms with E-state index in [1.165, 1.54) is 60.8 Å². The van der Waals surface area contributed by atoms with Crippen molar-refractivity contribution in [2.75, 3.05) is 0 Å². The SMILES string of the molecule is CC/C(=C(\Cc1ccc(C(C)=O)cc1)c1ccccc1C)C(C)CCC1CCC=C(C)CC1. The van der Waals surface area contributed by atoms with Gasteiger partial charge in [0.2, 0.25) is 0 Å². The molecular weight excluding hydrogens is 400 g/mol. The average Bonchev–Trinajstić information content (AvgIpc) is 3.02. The molecule has 1 aliphatic carbocycles. The van der Waals surface area contributed by atoms with E-state index in [9.17, 15) is 4.79 Å². The molecule has 176 valence electrons. The van der Waals surface area contributed by atoms with Crippen LogP contribution in [0.3, 0.4) is 0 Å². The van der Waals surface area contributed by atoms with Gasteiger partial charge in [-0.15, -0.1) is 0 Å². The smallest absolute Gasteiger partial charge is 0.159 e. The van der Waals surface area contributed by atoms with Gasteiger partial charge in [0, 0.05) is 5.56 Å². The molecule has 0 saturated carbocycles. The van der Waals surface area contributed by atoms with E-state index in [1.807, 2.05) is 12.1 Å². The molecule has 1 nitrogen and oxygen atoms in total. The molecule has 1 heteroatoms. The van der Waals surface area contributed by atoms with Crippen molar-refractivity contribution in [1.82, 2.24) is 0 Å². The number of Topliss-reactive ketones (excluding diaryl/α,β-unsaturated/α-hetero) is 1. The van der Waals surface area contributed by atoms with Crippen molar-refractivity contribution < 1.29 is 4.79 Å². The van der Waals surface area contributed by atoms with Crippen molar-refractivity contribution in [3.63, 3.8) is 0 Å². The Hall–Kier alpha value is -2.41. The molecule has 0 amide bonds. The van der Waals surface area contributed by atoms with Gasteiger partial charge in [-0.05, 0) is 106 Å². The number of hydrogen-bond donors (Lipinski definition) is 0. The molecule has 33 heavy (non-hydrogen) atoms. The second-order valence-electron chi connectivity index (χ2n) is 10.1. The molecule has 0 radical (unpaired) electrons. The van der Waals surface area contributed by atoms with Gasteiger partial charge in [0.25, 0.3) is 0 Å². The Morgan fingerprint density at radius 3 is 2.42 bits per heavy atom. The van der Waals surface area contributed by atoms with Crippen LogP contribution < -0.4 is 0 Å². The summed E-state index contributed by atoms with van der Waals surface area (Å²) in [6, 6.07) is 17.0. The highest BCUT2D eigenvalue weighted by Crippen LogP contribution is 2.35. The molecule has 2 aromatic rings. The summed E-state index contributed by atoms with van der Waals surface area (Å²) in [4.78, 5) is 11.7. The maximum atomic E-state index is 11.7. The fourth-order valence-corrected chi connectivity index (χ4v) is 5.41. The molecule has 0 aromatic heterocycles. The number of hydrogen-bond acceptors (Lipinski definition) is 1. The van der Waals surface area contributed by atoms with Crippen LogP contribution in [0, 0.1) is 18.8 Å². The van der Waals surface area contributed by atoms with Gasteiger partial charge in [-0.3, -0.25) is 4.79 Å². The summed E-state index contributed by atoms with van der Waals surface area (Å²) in [7, 11) is 0. The van der Waals surface area contributed by atoms with E-state index in [0.29, 0.717) is 5.92 Å². The Morgan fingerprint density at radius 1 is 1.03 bits per heavy atom. The molecule has 0 heterocycles. The zero-order valence-electron chi connectivity index (χ0n) is 21.4. The number of carbonyl (C=O) groups is 1. The maximum absolute atomic E-state index is 11.7. The molecule has 0 spiro atoms. The van der Waals surface area contributed by atoms with Gasteiger partial charge in [-0.1, -0.05) is 79.6 Å². The number of rotatable bonds is 9. The Bertz CT molecular complexity index is 989. The van der Waals surface area contributed by atoms with Crippen molar-refractivity contribution in [1.29, 1.82) is 0 Å². The minimum absolute atomic E-state index is 0.128. The van der Waals surface area contributed by atoms with Crippen LogP contribution in [-0.4, -0.2) is 5.78 Å². The Morgan fingerprint density at radius 2 is 1.76 bits per heavy atom. The summed E-state index contributed by atoms with van der Waals surface area (Å²) >= 11 is 0. The summed E-state index contributed by atoms with van der Waals surface area (Å²) in [6.07, 6.45) is 12.3. The normalized spacial score (nSPS) is 18.2. The van der Waals surface area contributed by atoms with Crippen LogP contribution in [-0.2, 0) is 6.42 Å². The minimum atomic E-state index is 0.128. The van der Waals surface area contributed by atoms with E-state index >= 15 is 0 Å². The first-order chi connectivity index (χ1) is 15.9. The number of aryl methyl sites for hydroxylation is 1. The lowest BCUT2D eigenvalue weighted by atomic mass is 9.81. The average molecular weight is 443 g/mol. The van der Waals surface area contributed by atoms with Gasteiger partial charge in [0.15, 0.2) is 5.78 Å². The molecule has 2 atom stereocenters. The van der Waals surface area contributed by atoms with E-state index in [1.54, 1.807) is 18.1 Å². The third-order valence-electron chi connectivity index (χ3n) is 7.60. The molecule has 2 unspecified atom stereocenters. The van der Waals surface area contributed by atoms with Crippen LogP contribution in [0.4, 0.5) is 0 Å². The third-order valence-corrected chi connectivity index (χ3v) is 7.60. The van der Waals surface area contributed by atoms with E-state index < -0.39 is 0 Å². The zero-order valence-corrected chi connectivity index (χ0v) is 21.4. The predicted octanol–water partition coefficient (Wildman–Crippen LogP) is 9.16. The second kappa shape index (κ2) is 12.2. The van der Waals surface area contributed by atoms with Crippen molar-refractivity contribution in [2.24, 2.45) is 11.8 Å². The van der Waals surface area contributed by atoms with Gasteiger partial charge in [-0.25, -0.2) is 0 Å². The van der Waals surface area contributed by atoms with Gasteiger partial charge >= 0.3 is 0 Å². The lowest BCUT2D eigenvalue weighted by Gasteiger charge is -2.24. The van der Waals surface area contributed by atoms with Crippen molar-refractivity contribution >= 4 is 11.4 Å². The maximum Gasteiger partial charge on any atom is 0.159 e. The Labute approximate surface area is 202 Å². The molecule has 0 N–H and O–H groups in total.